The van der Waals surface area contributed by atoms with Crippen LogP contribution >= 0.6 is 11.3 Å². The van der Waals surface area contributed by atoms with Crippen molar-refractivity contribution in [1.82, 2.24) is 9.88 Å². The van der Waals surface area contributed by atoms with E-state index in [1.165, 1.54) is 27.4 Å². The molecule has 0 aliphatic rings. The largest absolute Gasteiger partial charge is 0.483 e. The van der Waals surface area contributed by atoms with Gasteiger partial charge in [-0.15, -0.1) is 11.3 Å². The third-order valence-corrected chi connectivity index (χ3v) is 5.27. The van der Waals surface area contributed by atoms with Crippen LogP contribution in [0, 0.1) is 13.8 Å². The summed E-state index contributed by atoms with van der Waals surface area (Å²) in [6, 6.07) is 13.0. The maximum atomic E-state index is 12.7. The van der Waals surface area contributed by atoms with Crippen molar-refractivity contribution < 1.29 is 14.3 Å². The van der Waals surface area contributed by atoms with Crippen molar-refractivity contribution in [1.29, 1.82) is 0 Å². The zero-order valence-corrected chi connectivity index (χ0v) is 17.7. The monoisotopic (exact) mass is 409 g/mol. The van der Waals surface area contributed by atoms with Gasteiger partial charge in [0.05, 0.1) is 11.3 Å². The van der Waals surface area contributed by atoms with Crippen molar-refractivity contribution >= 4 is 28.3 Å². The molecule has 1 N–H and O–H groups in total. The minimum atomic E-state index is -0.334. The molecule has 0 atom stereocenters. The lowest BCUT2D eigenvalue weighted by Crippen LogP contribution is -2.28. The normalized spacial score (nSPS) is 10.5. The van der Waals surface area contributed by atoms with Crippen LogP contribution < -0.4 is 10.1 Å². The summed E-state index contributed by atoms with van der Waals surface area (Å²) in [5, 5.41) is 5.24. The minimum Gasteiger partial charge on any atom is -0.483 e. The molecule has 0 spiro atoms. The molecule has 1 heterocycles. The Hall–Kier alpha value is -3.19. The number of thiazole rings is 1. The molecule has 0 aliphatic heterocycles. The van der Waals surface area contributed by atoms with Crippen LogP contribution in [0.2, 0.25) is 0 Å². The van der Waals surface area contributed by atoms with Crippen molar-refractivity contribution in [2.75, 3.05) is 26.0 Å². The fourth-order valence-corrected chi connectivity index (χ4v) is 3.29. The van der Waals surface area contributed by atoms with Gasteiger partial charge in [0, 0.05) is 25.0 Å². The summed E-state index contributed by atoms with van der Waals surface area (Å²) >= 11 is 1.36. The standard InChI is InChI=1S/C22H23N3O3S/c1-14-9-10-16(11-15(14)2)18-13-29-22(23-18)24-21(27)17-7-5-6-8-19(17)28-12-20(26)25(3)4/h5-11,13H,12H2,1-4H3,(H,23,24,27). The van der Waals surface area contributed by atoms with Crippen molar-refractivity contribution in [2.24, 2.45) is 0 Å². The van der Waals surface area contributed by atoms with Gasteiger partial charge in [0.1, 0.15) is 5.75 Å². The highest BCUT2D eigenvalue weighted by Crippen LogP contribution is 2.27. The molecule has 0 saturated carbocycles. The molecule has 7 heteroatoms. The third kappa shape index (κ3) is 5.00. The lowest BCUT2D eigenvalue weighted by Gasteiger charge is -2.13. The summed E-state index contributed by atoms with van der Waals surface area (Å²) in [5.41, 5.74) is 4.59. The molecule has 0 unspecified atom stereocenters. The van der Waals surface area contributed by atoms with Crippen LogP contribution in [0.1, 0.15) is 21.5 Å². The van der Waals surface area contributed by atoms with Gasteiger partial charge in [-0.3, -0.25) is 14.9 Å². The van der Waals surface area contributed by atoms with Crippen molar-refractivity contribution in [3.05, 3.63) is 64.5 Å². The number of carbonyl (C=O) groups is 2. The third-order valence-electron chi connectivity index (χ3n) is 4.51. The highest BCUT2D eigenvalue weighted by Gasteiger charge is 2.16. The van der Waals surface area contributed by atoms with E-state index in [9.17, 15) is 9.59 Å². The topological polar surface area (TPSA) is 71.5 Å². The van der Waals surface area contributed by atoms with E-state index in [-0.39, 0.29) is 18.4 Å². The first-order chi connectivity index (χ1) is 13.8. The van der Waals surface area contributed by atoms with Gasteiger partial charge in [-0.05, 0) is 43.2 Å². The van der Waals surface area contributed by atoms with Gasteiger partial charge in [0.15, 0.2) is 11.7 Å². The minimum absolute atomic E-state index is 0.133. The average Bonchev–Trinajstić information content (AvgIpc) is 3.16. The van der Waals surface area contributed by atoms with Crippen LogP contribution in [0.25, 0.3) is 11.3 Å². The number of benzene rings is 2. The number of aryl methyl sites for hydroxylation is 2. The number of aromatic nitrogens is 1. The quantitative estimate of drug-likeness (QED) is 0.664. The number of ether oxygens (including phenoxy) is 1. The number of likely N-dealkylation sites (N-methyl/N-ethyl adjacent to an activating group) is 1. The van der Waals surface area contributed by atoms with Crippen LogP contribution in [-0.2, 0) is 4.79 Å². The second-order valence-electron chi connectivity index (χ2n) is 6.86. The molecule has 150 valence electrons. The van der Waals surface area contributed by atoms with Crippen LogP contribution in [0.5, 0.6) is 5.75 Å². The average molecular weight is 410 g/mol. The summed E-state index contributed by atoms with van der Waals surface area (Å²) in [5.74, 6) is -0.164. The summed E-state index contributed by atoms with van der Waals surface area (Å²) < 4.78 is 5.55. The van der Waals surface area contributed by atoms with Crippen LogP contribution in [0.4, 0.5) is 5.13 Å². The predicted molar refractivity (Wildman–Crippen MR) is 116 cm³/mol. The van der Waals surface area contributed by atoms with Crippen molar-refractivity contribution in [3.8, 4) is 17.0 Å². The number of nitrogens with one attached hydrogen (secondary N) is 1. The molecule has 2 aromatic carbocycles. The van der Waals surface area contributed by atoms with Crippen LogP contribution in [0.15, 0.2) is 47.8 Å². The Bertz CT molecular complexity index is 1040. The van der Waals surface area contributed by atoms with Gasteiger partial charge < -0.3 is 9.64 Å². The molecular formula is C22H23N3O3S. The number of hydrogen-bond donors (Lipinski definition) is 1. The van der Waals surface area contributed by atoms with Crippen molar-refractivity contribution in [2.45, 2.75) is 13.8 Å². The lowest BCUT2D eigenvalue weighted by molar-refractivity contribution is -0.130. The second-order valence-corrected chi connectivity index (χ2v) is 7.72. The second kappa shape index (κ2) is 8.87. The number of anilines is 1. The Morgan fingerprint density at radius 2 is 1.86 bits per heavy atom. The van der Waals surface area contributed by atoms with Gasteiger partial charge in [-0.1, -0.05) is 24.3 Å². The molecule has 29 heavy (non-hydrogen) atoms. The first kappa shape index (κ1) is 20.5. The number of carbonyl (C=O) groups excluding carboxylic acids is 2. The zero-order chi connectivity index (χ0) is 21.0. The maximum absolute atomic E-state index is 12.7. The highest BCUT2D eigenvalue weighted by atomic mass is 32.1. The van der Waals surface area contributed by atoms with E-state index in [0.29, 0.717) is 16.4 Å². The maximum Gasteiger partial charge on any atom is 0.261 e. The Kier molecular flexibility index (Phi) is 6.29. The van der Waals surface area contributed by atoms with E-state index in [2.05, 4.69) is 36.3 Å². The predicted octanol–water partition coefficient (Wildman–Crippen LogP) is 4.15. The number of rotatable bonds is 6. The number of nitrogens with zero attached hydrogens (tertiary/aromatic N) is 2. The molecule has 1 aromatic heterocycles. The number of para-hydroxylation sites is 1. The van der Waals surface area contributed by atoms with Gasteiger partial charge in [-0.2, -0.15) is 0 Å². The molecule has 0 radical (unpaired) electrons. The lowest BCUT2D eigenvalue weighted by atomic mass is 10.1. The van der Waals surface area contributed by atoms with E-state index in [0.717, 1.165) is 11.3 Å². The first-order valence-electron chi connectivity index (χ1n) is 9.11. The van der Waals surface area contributed by atoms with E-state index in [4.69, 9.17) is 4.74 Å². The van der Waals surface area contributed by atoms with E-state index >= 15 is 0 Å². The SMILES string of the molecule is Cc1ccc(-c2csc(NC(=O)c3ccccc3OCC(=O)N(C)C)n2)cc1C. The van der Waals surface area contributed by atoms with Gasteiger partial charge in [0.2, 0.25) is 0 Å². The fraction of sp³-hybridized carbons (Fsp3) is 0.227. The Labute approximate surface area is 174 Å². The van der Waals surface area contributed by atoms with Gasteiger partial charge in [-0.25, -0.2) is 4.98 Å². The highest BCUT2D eigenvalue weighted by molar-refractivity contribution is 7.14. The molecule has 2 amide bonds. The molecule has 0 fully saturated rings. The summed E-state index contributed by atoms with van der Waals surface area (Å²) in [4.78, 5) is 30.5. The molecule has 3 rings (SSSR count). The molecule has 0 aliphatic carbocycles. The summed E-state index contributed by atoms with van der Waals surface area (Å²) in [7, 11) is 3.31. The van der Waals surface area contributed by atoms with Crippen molar-refractivity contribution in [3.63, 3.8) is 0 Å². The van der Waals surface area contributed by atoms with E-state index in [1.54, 1.807) is 38.4 Å². The van der Waals surface area contributed by atoms with Gasteiger partial charge >= 0.3 is 0 Å². The van der Waals surface area contributed by atoms with E-state index < -0.39 is 0 Å². The van der Waals surface area contributed by atoms with Crippen LogP contribution in [0.3, 0.4) is 0 Å². The Morgan fingerprint density at radius 3 is 2.59 bits per heavy atom. The Balaban J connectivity index is 1.73. The van der Waals surface area contributed by atoms with Crippen LogP contribution in [-0.4, -0.2) is 42.4 Å². The molecule has 0 bridgehead atoms. The summed E-state index contributed by atoms with van der Waals surface area (Å²) in [6.07, 6.45) is 0. The zero-order valence-electron chi connectivity index (χ0n) is 16.9. The molecule has 3 aromatic rings. The van der Waals surface area contributed by atoms with E-state index in [1.807, 2.05) is 11.4 Å². The number of amides is 2. The van der Waals surface area contributed by atoms with Gasteiger partial charge in [0.25, 0.3) is 11.8 Å². The molecule has 0 saturated heterocycles. The number of hydrogen-bond acceptors (Lipinski definition) is 5. The summed E-state index contributed by atoms with van der Waals surface area (Å²) in [6.45, 7) is 3.99. The Morgan fingerprint density at radius 1 is 1.10 bits per heavy atom. The first-order valence-corrected chi connectivity index (χ1v) is 9.99. The molecular weight excluding hydrogens is 386 g/mol. The smallest absolute Gasteiger partial charge is 0.261 e. The molecule has 6 nitrogen and oxygen atoms in total. The fourth-order valence-electron chi connectivity index (χ4n) is 2.58.